The molecule has 3 fully saturated rings. The lowest BCUT2D eigenvalue weighted by molar-refractivity contribution is 0.0311. The van der Waals surface area contributed by atoms with Crippen LogP contribution in [0, 0.1) is 11.2 Å². The Morgan fingerprint density at radius 3 is 2.13 bits per heavy atom. The van der Waals surface area contributed by atoms with Gasteiger partial charge in [-0.3, -0.25) is 0 Å². The third-order valence-electron chi connectivity index (χ3n) is 8.35. The van der Waals surface area contributed by atoms with Gasteiger partial charge in [0.15, 0.2) is 0 Å². The highest BCUT2D eigenvalue weighted by atomic mass is 19.1. The van der Waals surface area contributed by atoms with Crippen molar-refractivity contribution in [1.29, 1.82) is 0 Å². The fourth-order valence-corrected chi connectivity index (χ4v) is 6.29. The molecule has 1 heteroatoms. The van der Waals surface area contributed by atoms with E-state index in [2.05, 4.69) is 44.2 Å². The van der Waals surface area contributed by atoms with Crippen molar-refractivity contribution in [3.05, 3.63) is 59.4 Å². The summed E-state index contributed by atoms with van der Waals surface area (Å²) in [5, 5.41) is 0. The SMILES string of the molecule is CCCCCc1ccc(-c2ccccc2C23CCC(CCCC)(CC2)CC3)c(F)c1. The number of aryl methyl sites for hydroxylation is 1. The van der Waals surface area contributed by atoms with Gasteiger partial charge in [-0.15, -0.1) is 0 Å². The molecule has 0 atom stereocenters. The second kappa shape index (κ2) is 9.25. The molecular weight excluding hydrogens is 367 g/mol. The van der Waals surface area contributed by atoms with E-state index >= 15 is 4.39 Å². The van der Waals surface area contributed by atoms with Crippen LogP contribution < -0.4 is 0 Å². The number of hydrogen-bond donors (Lipinski definition) is 0. The summed E-state index contributed by atoms with van der Waals surface area (Å²) in [6.45, 7) is 4.52. The van der Waals surface area contributed by atoms with Crippen molar-refractivity contribution in [2.24, 2.45) is 5.41 Å². The topological polar surface area (TPSA) is 0 Å². The zero-order valence-electron chi connectivity index (χ0n) is 19.1. The van der Waals surface area contributed by atoms with E-state index in [1.54, 1.807) is 6.07 Å². The van der Waals surface area contributed by atoms with Gasteiger partial charge in [-0.05, 0) is 91.4 Å². The van der Waals surface area contributed by atoms with E-state index in [4.69, 9.17) is 0 Å². The van der Waals surface area contributed by atoms with Crippen LogP contribution in [0.5, 0.6) is 0 Å². The molecule has 2 bridgehead atoms. The molecule has 0 amide bonds. The lowest BCUT2D eigenvalue weighted by Gasteiger charge is -2.54. The third-order valence-corrected chi connectivity index (χ3v) is 8.35. The van der Waals surface area contributed by atoms with Crippen LogP contribution in [0.25, 0.3) is 11.1 Å². The molecule has 3 saturated carbocycles. The highest BCUT2D eigenvalue weighted by Gasteiger charge is 2.49. The van der Waals surface area contributed by atoms with Crippen molar-refractivity contribution in [2.75, 3.05) is 0 Å². The number of rotatable bonds is 9. The Labute approximate surface area is 183 Å². The Hall–Kier alpha value is -1.63. The monoisotopic (exact) mass is 406 g/mol. The largest absolute Gasteiger partial charge is 0.206 e. The fourth-order valence-electron chi connectivity index (χ4n) is 6.29. The molecule has 0 nitrogen and oxygen atoms in total. The van der Waals surface area contributed by atoms with E-state index in [-0.39, 0.29) is 11.2 Å². The molecule has 0 radical (unpaired) electrons. The average molecular weight is 407 g/mol. The maximum absolute atomic E-state index is 15.2. The van der Waals surface area contributed by atoms with Crippen LogP contribution in [0.1, 0.15) is 102 Å². The molecule has 0 saturated heterocycles. The molecule has 0 heterocycles. The van der Waals surface area contributed by atoms with Crippen molar-refractivity contribution < 1.29 is 4.39 Å². The predicted molar refractivity (Wildman–Crippen MR) is 126 cm³/mol. The van der Waals surface area contributed by atoms with E-state index in [1.807, 2.05) is 6.07 Å². The highest BCUT2D eigenvalue weighted by Crippen LogP contribution is 2.60. The molecule has 2 aromatic carbocycles. The standard InChI is InChI=1S/C29H39F/c1-3-5-7-10-23-13-14-25(27(30)22-23)24-11-8-9-12-26(24)29-19-16-28(17-20-29,18-21-29)15-6-4-2/h8-9,11-14,22H,3-7,10,15-21H2,1-2H3. The summed E-state index contributed by atoms with van der Waals surface area (Å²) in [6.07, 6.45) is 16.6. The first kappa shape index (κ1) is 21.6. The van der Waals surface area contributed by atoms with E-state index in [0.717, 1.165) is 29.5 Å². The second-order valence-corrected chi connectivity index (χ2v) is 10.2. The van der Waals surface area contributed by atoms with E-state index in [9.17, 15) is 0 Å². The molecule has 3 aliphatic rings. The van der Waals surface area contributed by atoms with Gasteiger partial charge in [0.25, 0.3) is 0 Å². The molecule has 0 unspecified atom stereocenters. The Balaban J connectivity index is 1.59. The minimum absolute atomic E-state index is 0.0447. The average Bonchev–Trinajstić information content (AvgIpc) is 2.79. The first-order chi connectivity index (χ1) is 14.6. The van der Waals surface area contributed by atoms with Crippen LogP contribution in [0.2, 0.25) is 0 Å². The van der Waals surface area contributed by atoms with Crippen molar-refractivity contribution >= 4 is 0 Å². The molecule has 0 N–H and O–H groups in total. The Morgan fingerprint density at radius 2 is 1.47 bits per heavy atom. The van der Waals surface area contributed by atoms with Crippen LogP contribution in [0.3, 0.4) is 0 Å². The Morgan fingerprint density at radius 1 is 0.767 bits per heavy atom. The summed E-state index contributed by atoms with van der Waals surface area (Å²) >= 11 is 0. The van der Waals surface area contributed by atoms with Gasteiger partial charge < -0.3 is 0 Å². The van der Waals surface area contributed by atoms with Crippen LogP contribution >= 0.6 is 0 Å². The molecule has 30 heavy (non-hydrogen) atoms. The van der Waals surface area contributed by atoms with Gasteiger partial charge in [0, 0.05) is 5.56 Å². The quantitative estimate of drug-likeness (QED) is 0.364. The maximum Gasteiger partial charge on any atom is 0.131 e. The summed E-state index contributed by atoms with van der Waals surface area (Å²) in [5.41, 5.74) is 5.35. The number of hydrogen-bond acceptors (Lipinski definition) is 0. The summed E-state index contributed by atoms with van der Waals surface area (Å²) in [7, 11) is 0. The number of fused-ring (bicyclic) bond motifs is 3. The van der Waals surface area contributed by atoms with Crippen molar-refractivity contribution in [1.82, 2.24) is 0 Å². The molecule has 5 rings (SSSR count). The summed E-state index contributed by atoms with van der Waals surface area (Å²) < 4.78 is 15.2. The Kier molecular flexibility index (Phi) is 6.66. The first-order valence-electron chi connectivity index (χ1n) is 12.5. The smallest absolute Gasteiger partial charge is 0.131 e. The van der Waals surface area contributed by atoms with Crippen LogP contribution in [0.15, 0.2) is 42.5 Å². The van der Waals surface area contributed by atoms with Gasteiger partial charge in [0.05, 0.1) is 0 Å². The zero-order chi connectivity index (χ0) is 21.0. The Bertz CT molecular complexity index is 825. The molecule has 0 spiro atoms. The molecule has 0 aromatic heterocycles. The lowest BCUT2D eigenvalue weighted by Crippen LogP contribution is -2.44. The maximum atomic E-state index is 15.2. The first-order valence-corrected chi connectivity index (χ1v) is 12.5. The number of benzene rings is 2. The summed E-state index contributed by atoms with van der Waals surface area (Å²) in [6, 6.07) is 14.7. The lowest BCUT2D eigenvalue weighted by atomic mass is 9.50. The van der Waals surface area contributed by atoms with Gasteiger partial charge in [-0.25, -0.2) is 4.39 Å². The van der Waals surface area contributed by atoms with Gasteiger partial charge in [-0.2, -0.15) is 0 Å². The third kappa shape index (κ3) is 4.23. The van der Waals surface area contributed by atoms with Gasteiger partial charge in [0.2, 0.25) is 0 Å². The van der Waals surface area contributed by atoms with E-state index in [1.165, 1.54) is 76.2 Å². The number of unbranched alkanes of at least 4 members (excludes halogenated alkanes) is 3. The van der Waals surface area contributed by atoms with E-state index < -0.39 is 0 Å². The van der Waals surface area contributed by atoms with Gasteiger partial charge in [0.1, 0.15) is 5.82 Å². The fraction of sp³-hybridized carbons (Fsp3) is 0.586. The highest BCUT2D eigenvalue weighted by molar-refractivity contribution is 5.70. The molecular formula is C29H39F. The zero-order valence-corrected chi connectivity index (χ0v) is 19.1. The summed E-state index contributed by atoms with van der Waals surface area (Å²) in [4.78, 5) is 0. The molecule has 2 aromatic rings. The molecule has 0 aliphatic heterocycles. The van der Waals surface area contributed by atoms with Crippen molar-refractivity contribution in [3.8, 4) is 11.1 Å². The van der Waals surface area contributed by atoms with Crippen molar-refractivity contribution in [2.45, 2.75) is 103 Å². The van der Waals surface area contributed by atoms with Gasteiger partial charge in [-0.1, -0.05) is 75.9 Å². The van der Waals surface area contributed by atoms with Crippen molar-refractivity contribution in [3.63, 3.8) is 0 Å². The normalized spacial score (nSPS) is 25.6. The second-order valence-electron chi connectivity index (χ2n) is 10.2. The van der Waals surface area contributed by atoms with Gasteiger partial charge >= 0.3 is 0 Å². The number of halogens is 1. The molecule has 162 valence electrons. The van der Waals surface area contributed by atoms with Crippen LogP contribution in [-0.2, 0) is 11.8 Å². The van der Waals surface area contributed by atoms with Crippen LogP contribution in [0.4, 0.5) is 4.39 Å². The minimum atomic E-state index is -0.0447. The van der Waals surface area contributed by atoms with E-state index in [0.29, 0.717) is 5.41 Å². The summed E-state index contributed by atoms with van der Waals surface area (Å²) in [5.74, 6) is -0.0447. The predicted octanol–water partition coefficient (Wildman–Crippen LogP) is 9.01. The minimum Gasteiger partial charge on any atom is -0.206 e. The molecule has 3 aliphatic carbocycles. The van der Waals surface area contributed by atoms with Crippen LogP contribution in [-0.4, -0.2) is 0 Å².